The highest BCUT2D eigenvalue weighted by molar-refractivity contribution is 5.81. The third-order valence-electron chi connectivity index (χ3n) is 5.34. The first kappa shape index (κ1) is 17.4. The number of aromatic nitrogens is 5. The van der Waals surface area contributed by atoms with Crippen molar-refractivity contribution < 1.29 is 0 Å². The first-order valence-corrected chi connectivity index (χ1v) is 9.60. The zero-order valence-corrected chi connectivity index (χ0v) is 16.7. The third kappa shape index (κ3) is 2.91. The molecule has 0 amide bonds. The van der Waals surface area contributed by atoms with Crippen LogP contribution in [0.2, 0.25) is 0 Å². The Morgan fingerprint density at radius 1 is 0.759 bits per heavy atom. The van der Waals surface area contributed by atoms with E-state index in [1.807, 2.05) is 28.7 Å². The lowest BCUT2D eigenvalue weighted by atomic mass is 9.99. The molecule has 142 valence electrons. The quantitative estimate of drug-likeness (QED) is 0.438. The lowest BCUT2D eigenvalue weighted by Crippen LogP contribution is -2.05. The molecule has 0 N–H and O–H groups in total. The molecule has 0 saturated heterocycles. The van der Waals surface area contributed by atoms with Crippen LogP contribution in [-0.2, 0) is 7.05 Å². The van der Waals surface area contributed by atoms with Gasteiger partial charge >= 0.3 is 0 Å². The van der Waals surface area contributed by atoms with Crippen LogP contribution in [0.4, 0.5) is 0 Å². The summed E-state index contributed by atoms with van der Waals surface area (Å²) in [7, 11) is 2.00. The second-order valence-electron chi connectivity index (χ2n) is 7.38. The van der Waals surface area contributed by atoms with E-state index >= 15 is 0 Å². The van der Waals surface area contributed by atoms with Gasteiger partial charge < -0.3 is 4.57 Å². The van der Waals surface area contributed by atoms with Crippen LogP contribution >= 0.6 is 0 Å². The minimum atomic E-state index is 0.816. The molecule has 0 saturated carbocycles. The van der Waals surface area contributed by atoms with Crippen molar-refractivity contribution in [3.8, 4) is 28.2 Å². The fourth-order valence-electron chi connectivity index (χ4n) is 3.96. The minimum absolute atomic E-state index is 0.816. The number of rotatable bonds is 3. The van der Waals surface area contributed by atoms with Gasteiger partial charge in [0, 0.05) is 12.6 Å². The zero-order chi connectivity index (χ0) is 20.0. The number of hydrogen-bond acceptors (Lipinski definition) is 3. The topological polar surface area (TPSA) is 48.5 Å². The monoisotopic (exact) mass is 379 g/mol. The summed E-state index contributed by atoms with van der Waals surface area (Å²) in [5.74, 6) is 0.816. The van der Waals surface area contributed by atoms with Crippen molar-refractivity contribution in [3.63, 3.8) is 0 Å². The van der Waals surface area contributed by atoms with Crippen molar-refractivity contribution in [1.82, 2.24) is 24.3 Å². The van der Waals surface area contributed by atoms with Gasteiger partial charge in [-0.25, -0.2) is 14.6 Å². The lowest BCUT2D eigenvalue weighted by molar-refractivity contribution is 0.871. The molecule has 0 bridgehead atoms. The largest absolute Gasteiger partial charge is 0.334 e. The number of aryl methyl sites for hydroxylation is 3. The molecule has 5 rings (SSSR count). The lowest BCUT2D eigenvalue weighted by Gasteiger charge is -2.15. The predicted molar refractivity (Wildman–Crippen MR) is 116 cm³/mol. The molecule has 2 aromatic heterocycles. The van der Waals surface area contributed by atoms with Gasteiger partial charge in [0.2, 0.25) is 0 Å². The molecule has 3 aromatic carbocycles. The summed E-state index contributed by atoms with van der Waals surface area (Å²) in [6.45, 7) is 4.25. The summed E-state index contributed by atoms with van der Waals surface area (Å²) in [5.41, 5.74) is 8.86. The fraction of sp³-hybridized carbons (Fsp3) is 0.125. The summed E-state index contributed by atoms with van der Waals surface area (Å²) < 4.78 is 3.95. The number of hydrogen-bond donors (Lipinski definition) is 0. The Kier molecular flexibility index (Phi) is 4.02. The number of fused-ring (bicyclic) bond motifs is 1. The Morgan fingerprint density at radius 2 is 1.52 bits per heavy atom. The smallest absolute Gasteiger partial charge is 0.163 e. The fourth-order valence-corrected chi connectivity index (χ4v) is 3.96. The van der Waals surface area contributed by atoms with Crippen LogP contribution in [0.3, 0.4) is 0 Å². The van der Waals surface area contributed by atoms with Crippen molar-refractivity contribution in [1.29, 1.82) is 0 Å². The maximum absolute atomic E-state index is 4.56. The van der Waals surface area contributed by atoms with Crippen LogP contribution in [0.25, 0.3) is 39.2 Å². The SMILES string of the molecule is Cc1cc(-c2ccccc2)cc(C)c1-n1ncnc1-c1ccc2c(c1)ncn2C. The predicted octanol–water partition coefficient (Wildman–Crippen LogP) is 5.10. The van der Waals surface area contributed by atoms with E-state index in [0.29, 0.717) is 0 Å². The van der Waals surface area contributed by atoms with Crippen LogP contribution in [0.5, 0.6) is 0 Å². The van der Waals surface area contributed by atoms with Crippen LogP contribution < -0.4 is 0 Å². The maximum Gasteiger partial charge on any atom is 0.163 e. The Bertz CT molecular complexity index is 1310. The van der Waals surface area contributed by atoms with E-state index in [9.17, 15) is 0 Å². The Hall–Kier alpha value is -3.73. The molecular weight excluding hydrogens is 358 g/mol. The van der Waals surface area contributed by atoms with Crippen LogP contribution in [0.15, 0.2) is 73.3 Å². The molecule has 5 heteroatoms. The highest BCUT2D eigenvalue weighted by Gasteiger charge is 2.15. The molecule has 0 fully saturated rings. The van der Waals surface area contributed by atoms with Crippen molar-refractivity contribution in [2.45, 2.75) is 13.8 Å². The van der Waals surface area contributed by atoms with E-state index < -0.39 is 0 Å². The molecule has 0 aliphatic heterocycles. The van der Waals surface area contributed by atoms with Gasteiger partial charge in [-0.3, -0.25) is 0 Å². The standard InChI is InChI=1S/C24H21N5/c1-16-11-20(18-7-5-4-6-8-18)12-17(2)23(16)29-24(25-14-27-29)19-9-10-22-21(13-19)26-15-28(22)3/h4-15H,1-3H3. The molecular formula is C24H21N5. The molecule has 5 nitrogen and oxygen atoms in total. The average Bonchev–Trinajstić information content (AvgIpc) is 3.35. The maximum atomic E-state index is 4.56. The number of nitrogens with zero attached hydrogens (tertiary/aromatic N) is 5. The summed E-state index contributed by atoms with van der Waals surface area (Å²) >= 11 is 0. The molecule has 0 aliphatic carbocycles. The van der Waals surface area contributed by atoms with Crippen molar-refractivity contribution in [2.24, 2.45) is 7.05 Å². The molecule has 0 spiro atoms. The Balaban J connectivity index is 1.63. The summed E-state index contributed by atoms with van der Waals surface area (Å²) in [6.07, 6.45) is 3.44. The van der Waals surface area contributed by atoms with Gasteiger partial charge in [-0.1, -0.05) is 30.3 Å². The van der Waals surface area contributed by atoms with Gasteiger partial charge in [-0.15, -0.1) is 0 Å². The van der Waals surface area contributed by atoms with Crippen molar-refractivity contribution in [2.75, 3.05) is 0 Å². The third-order valence-corrected chi connectivity index (χ3v) is 5.34. The van der Waals surface area contributed by atoms with Crippen LogP contribution in [-0.4, -0.2) is 24.3 Å². The molecule has 2 heterocycles. The summed E-state index contributed by atoms with van der Waals surface area (Å²) in [5, 5.41) is 4.55. The van der Waals surface area contributed by atoms with Gasteiger partial charge in [0.25, 0.3) is 0 Å². The molecule has 5 aromatic rings. The number of benzene rings is 3. The second-order valence-corrected chi connectivity index (χ2v) is 7.38. The highest BCUT2D eigenvalue weighted by Crippen LogP contribution is 2.30. The second kappa shape index (κ2) is 6.71. The average molecular weight is 379 g/mol. The Morgan fingerprint density at radius 3 is 2.28 bits per heavy atom. The van der Waals surface area contributed by atoms with Crippen molar-refractivity contribution >= 4 is 11.0 Å². The van der Waals surface area contributed by atoms with Gasteiger partial charge in [0.15, 0.2) is 5.82 Å². The van der Waals surface area contributed by atoms with E-state index in [4.69, 9.17) is 0 Å². The van der Waals surface area contributed by atoms with Crippen molar-refractivity contribution in [3.05, 3.63) is 84.4 Å². The van der Waals surface area contributed by atoms with Gasteiger partial charge in [0.05, 0.1) is 23.0 Å². The van der Waals surface area contributed by atoms with Gasteiger partial charge in [0.1, 0.15) is 6.33 Å². The first-order valence-electron chi connectivity index (χ1n) is 9.60. The molecule has 0 atom stereocenters. The first-order chi connectivity index (χ1) is 14.1. The summed E-state index contributed by atoms with van der Waals surface area (Å²) in [4.78, 5) is 9.03. The molecule has 0 aliphatic rings. The zero-order valence-electron chi connectivity index (χ0n) is 16.7. The highest BCUT2D eigenvalue weighted by atomic mass is 15.3. The molecule has 0 radical (unpaired) electrons. The van der Waals surface area contributed by atoms with Crippen LogP contribution in [0.1, 0.15) is 11.1 Å². The minimum Gasteiger partial charge on any atom is -0.334 e. The number of imidazole rings is 1. The molecule has 0 unspecified atom stereocenters. The normalized spacial score (nSPS) is 11.3. The van der Waals surface area contributed by atoms with E-state index in [-0.39, 0.29) is 0 Å². The van der Waals surface area contributed by atoms with Gasteiger partial charge in [-0.05, 0) is 66.4 Å². The van der Waals surface area contributed by atoms with E-state index in [2.05, 4.69) is 83.5 Å². The van der Waals surface area contributed by atoms with E-state index in [0.717, 1.165) is 39.2 Å². The van der Waals surface area contributed by atoms with Crippen LogP contribution in [0, 0.1) is 13.8 Å². The van der Waals surface area contributed by atoms with E-state index in [1.54, 1.807) is 6.33 Å². The van der Waals surface area contributed by atoms with E-state index in [1.165, 1.54) is 11.1 Å². The Labute approximate surface area is 169 Å². The van der Waals surface area contributed by atoms with Gasteiger partial charge in [-0.2, -0.15) is 5.10 Å². The summed E-state index contributed by atoms with van der Waals surface area (Å²) in [6, 6.07) is 21.1. The molecule has 29 heavy (non-hydrogen) atoms.